The number of nitrogens with zero attached hydrogens (tertiary/aromatic N) is 1. The van der Waals surface area contributed by atoms with Crippen LogP contribution < -0.4 is 5.32 Å². The first kappa shape index (κ1) is 13.7. The molecule has 1 fully saturated rings. The van der Waals surface area contributed by atoms with Crippen LogP contribution in [0.4, 0.5) is 10.5 Å². The molecule has 1 aromatic carbocycles. The summed E-state index contributed by atoms with van der Waals surface area (Å²) in [5.74, 6) is 0. The fourth-order valence-corrected chi connectivity index (χ4v) is 2.75. The molecule has 2 amide bonds. The van der Waals surface area contributed by atoms with Crippen LogP contribution in [-0.4, -0.2) is 43.9 Å². The highest BCUT2D eigenvalue weighted by molar-refractivity contribution is 6.21. The van der Waals surface area contributed by atoms with Crippen molar-refractivity contribution in [1.82, 2.24) is 4.90 Å². The zero-order chi connectivity index (χ0) is 14.1. The Morgan fingerprint density at radius 3 is 3.05 bits per heavy atom. The van der Waals surface area contributed by atoms with Gasteiger partial charge in [-0.25, -0.2) is 4.79 Å². The third-order valence-corrected chi connectivity index (χ3v) is 4.14. The molecule has 0 aliphatic carbocycles. The molecule has 0 radical (unpaired) electrons. The van der Waals surface area contributed by atoms with Crippen LogP contribution >= 0.6 is 11.6 Å². The highest BCUT2D eigenvalue weighted by Gasteiger charge is 2.26. The van der Waals surface area contributed by atoms with Gasteiger partial charge < -0.3 is 19.7 Å². The van der Waals surface area contributed by atoms with Gasteiger partial charge in [0, 0.05) is 19.3 Å². The molecule has 5 nitrogen and oxygen atoms in total. The summed E-state index contributed by atoms with van der Waals surface area (Å²) in [4.78, 5) is 13.2. The average molecular weight is 297 g/mol. The van der Waals surface area contributed by atoms with Gasteiger partial charge in [-0.15, -0.1) is 11.6 Å². The number of urea groups is 1. The van der Waals surface area contributed by atoms with Gasteiger partial charge in [0.2, 0.25) is 0 Å². The second-order valence-electron chi connectivity index (χ2n) is 5.09. The Kier molecular flexibility index (Phi) is 3.83. The number of halogens is 1. The molecule has 2 atom stereocenters. The quantitative estimate of drug-likeness (QED) is 0.853. The van der Waals surface area contributed by atoms with Crippen LogP contribution in [0.2, 0.25) is 0 Å². The minimum atomic E-state index is -0.247. The Morgan fingerprint density at radius 2 is 2.30 bits per heavy atom. The summed E-state index contributed by atoms with van der Waals surface area (Å²) in [6, 6.07) is 5.77. The summed E-state index contributed by atoms with van der Waals surface area (Å²) >= 11 is 6.49. The predicted molar refractivity (Wildman–Crippen MR) is 76.1 cm³/mol. The van der Waals surface area contributed by atoms with Gasteiger partial charge in [-0.2, -0.15) is 0 Å². The molecule has 2 heterocycles. The van der Waals surface area contributed by atoms with E-state index in [1.165, 1.54) is 0 Å². The Morgan fingerprint density at radius 1 is 1.45 bits per heavy atom. The standard InChI is InChI=1S/C14H17ClN2O3/c1-17-7-10-6-9(2-3-11(10)16-14(17)18)13(15)12-8-19-4-5-20-12/h2-3,6,12-13H,4-5,7-8H2,1H3,(H,16,18). The highest BCUT2D eigenvalue weighted by Crippen LogP contribution is 2.32. The van der Waals surface area contributed by atoms with Crippen LogP contribution in [0.15, 0.2) is 18.2 Å². The van der Waals surface area contributed by atoms with Crippen LogP contribution in [0.3, 0.4) is 0 Å². The fraction of sp³-hybridized carbons (Fsp3) is 0.500. The van der Waals surface area contributed by atoms with Gasteiger partial charge in [0.25, 0.3) is 0 Å². The molecular formula is C14H17ClN2O3. The number of ether oxygens (including phenoxy) is 2. The van der Waals surface area contributed by atoms with Gasteiger partial charge in [0.15, 0.2) is 0 Å². The normalized spacial score (nSPS) is 24.0. The van der Waals surface area contributed by atoms with E-state index in [-0.39, 0.29) is 17.5 Å². The van der Waals surface area contributed by atoms with Crippen molar-refractivity contribution in [3.05, 3.63) is 29.3 Å². The van der Waals surface area contributed by atoms with Crippen LogP contribution in [0.1, 0.15) is 16.5 Å². The first-order valence-electron chi connectivity index (χ1n) is 6.63. The minimum Gasteiger partial charge on any atom is -0.376 e. The maximum atomic E-state index is 11.6. The van der Waals surface area contributed by atoms with Crippen LogP contribution in [0.5, 0.6) is 0 Å². The summed E-state index contributed by atoms with van der Waals surface area (Å²) in [6.07, 6.45) is -0.126. The molecule has 0 spiro atoms. The fourth-order valence-electron chi connectivity index (χ4n) is 2.47. The predicted octanol–water partition coefficient (Wildman–Crippen LogP) is 2.36. The van der Waals surface area contributed by atoms with E-state index in [1.54, 1.807) is 11.9 Å². The van der Waals surface area contributed by atoms with E-state index in [4.69, 9.17) is 21.1 Å². The number of anilines is 1. The highest BCUT2D eigenvalue weighted by atomic mass is 35.5. The number of benzene rings is 1. The third-order valence-electron chi connectivity index (χ3n) is 3.61. The van der Waals surface area contributed by atoms with Crippen molar-refractivity contribution in [2.75, 3.05) is 32.2 Å². The molecular weight excluding hydrogens is 280 g/mol. The van der Waals surface area contributed by atoms with Crippen molar-refractivity contribution in [2.45, 2.75) is 18.0 Å². The largest absolute Gasteiger partial charge is 0.376 e. The van der Waals surface area contributed by atoms with Gasteiger partial charge in [0.1, 0.15) is 6.10 Å². The summed E-state index contributed by atoms with van der Waals surface area (Å²) in [5.41, 5.74) is 2.90. The third kappa shape index (κ3) is 2.61. The smallest absolute Gasteiger partial charge is 0.321 e. The molecule has 1 aromatic rings. The van der Waals surface area contributed by atoms with Crippen LogP contribution in [-0.2, 0) is 16.0 Å². The lowest BCUT2D eigenvalue weighted by molar-refractivity contribution is -0.0892. The average Bonchev–Trinajstić information content (AvgIpc) is 2.48. The summed E-state index contributed by atoms with van der Waals surface area (Å²) in [7, 11) is 1.77. The Hall–Kier alpha value is -1.30. The van der Waals surface area contributed by atoms with Gasteiger partial charge >= 0.3 is 6.03 Å². The molecule has 0 bridgehead atoms. The first-order chi connectivity index (χ1) is 9.65. The molecule has 2 unspecified atom stereocenters. The molecule has 3 rings (SSSR count). The second-order valence-corrected chi connectivity index (χ2v) is 5.56. The number of hydrogen-bond donors (Lipinski definition) is 1. The van der Waals surface area contributed by atoms with E-state index >= 15 is 0 Å². The zero-order valence-corrected chi connectivity index (χ0v) is 12.0. The number of nitrogens with one attached hydrogen (secondary N) is 1. The maximum Gasteiger partial charge on any atom is 0.321 e. The maximum absolute atomic E-state index is 11.6. The monoisotopic (exact) mass is 296 g/mol. The Bertz CT molecular complexity index is 517. The molecule has 1 saturated heterocycles. The number of fused-ring (bicyclic) bond motifs is 1. The van der Waals surface area contributed by atoms with Gasteiger partial charge in [-0.1, -0.05) is 12.1 Å². The second kappa shape index (κ2) is 5.60. The van der Waals surface area contributed by atoms with Crippen LogP contribution in [0.25, 0.3) is 0 Å². The lowest BCUT2D eigenvalue weighted by atomic mass is 10.0. The number of carbonyl (C=O) groups is 1. The van der Waals surface area contributed by atoms with Crippen molar-refractivity contribution in [3.63, 3.8) is 0 Å². The molecule has 6 heteroatoms. The molecule has 1 N–H and O–H groups in total. The van der Waals surface area contributed by atoms with Crippen molar-refractivity contribution in [3.8, 4) is 0 Å². The Labute approximate surface area is 122 Å². The van der Waals surface area contributed by atoms with Gasteiger partial charge in [-0.3, -0.25) is 0 Å². The Balaban J connectivity index is 1.81. The number of carbonyl (C=O) groups excluding carboxylic acids is 1. The van der Waals surface area contributed by atoms with E-state index in [9.17, 15) is 4.79 Å². The van der Waals surface area contributed by atoms with Gasteiger partial charge in [0.05, 0.1) is 25.2 Å². The van der Waals surface area contributed by atoms with Crippen molar-refractivity contribution in [1.29, 1.82) is 0 Å². The molecule has 20 heavy (non-hydrogen) atoms. The van der Waals surface area contributed by atoms with E-state index in [2.05, 4.69) is 5.32 Å². The molecule has 2 aliphatic heterocycles. The molecule has 0 aromatic heterocycles. The van der Waals surface area contributed by atoms with Gasteiger partial charge in [-0.05, 0) is 17.2 Å². The van der Waals surface area contributed by atoms with Crippen molar-refractivity contribution in [2.24, 2.45) is 0 Å². The molecule has 2 aliphatic rings. The van der Waals surface area contributed by atoms with E-state index in [0.717, 1.165) is 16.8 Å². The first-order valence-corrected chi connectivity index (χ1v) is 7.07. The van der Waals surface area contributed by atoms with E-state index in [0.29, 0.717) is 26.4 Å². The SMILES string of the molecule is CN1Cc2cc(C(Cl)C3COCCO3)ccc2NC1=O. The lowest BCUT2D eigenvalue weighted by Crippen LogP contribution is -2.35. The number of alkyl halides is 1. The van der Waals surface area contributed by atoms with E-state index in [1.807, 2.05) is 18.2 Å². The topological polar surface area (TPSA) is 50.8 Å². The molecule has 108 valence electrons. The van der Waals surface area contributed by atoms with E-state index < -0.39 is 0 Å². The van der Waals surface area contributed by atoms with Crippen LogP contribution in [0, 0.1) is 0 Å². The molecule has 0 saturated carbocycles. The van der Waals surface area contributed by atoms with Crippen molar-refractivity contribution < 1.29 is 14.3 Å². The zero-order valence-electron chi connectivity index (χ0n) is 11.3. The number of hydrogen-bond acceptors (Lipinski definition) is 3. The summed E-state index contributed by atoms with van der Waals surface area (Å²) in [5, 5.41) is 2.60. The number of rotatable bonds is 2. The lowest BCUT2D eigenvalue weighted by Gasteiger charge is -2.29. The minimum absolute atomic E-state index is 0.0864. The van der Waals surface area contributed by atoms with Crippen molar-refractivity contribution >= 4 is 23.3 Å². The number of amides is 2. The summed E-state index contributed by atoms with van der Waals surface area (Å²) < 4.78 is 11.0. The summed E-state index contributed by atoms with van der Waals surface area (Å²) in [6.45, 7) is 2.31.